The topological polar surface area (TPSA) is 121 Å². The molecule has 0 aromatic rings. The molecular formula is C5H15NO5S. The van der Waals surface area contributed by atoms with Gasteiger partial charge >= 0.3 is 10.4 Å². The molecule has 7 heteroatoms. The van der Waals surface area contributed by atoms with Gasteiger partial charge in [0.15, 0.2) is 0 Å². The van der Waals surface area contributed by atoms with E-state index in [-0.39, 0.29) is 6.61 Å². The Morgan fingerprint density at radius 2 is 1.75 bits per heavy atom. The molecule has 6 nitrogen and oxygen atoms in total. The van der Waals surface area contributed by atoms with Gasteiger partial charge in [0.1, 0.15) is 0 Å². The second-order valence-electron chi connectivity index (χ2n) is 2.31. The molecule has 0 radical (unpaired) electrons. The predicted molar refractivity (Wildman–Crippen MR) is 44.1 cm³/mol. The van der Waals surface area contributed by atoms with E-state index >= 15 is 0 Å². The summed E-state index contributed by atoms with van der Waals surface area (Å²) in [7, 11) is -4.67. The van der Waals surface area contributed by atoms with Crippen LogP contribution >= 0.6 is 0 Å². The van der Waals surface area contributed by atoms with E-state index in [9.17, 15) is 0 Å². The van der Waals surface area contributed by atoms with Gasteiger partial charge in [0.2, 0.25) is 0 Å². The Morgan fingerprint density at radius 3 is 1.83 bits per heavy atom. The van der Waals surface area contributed by atoms with Crippen molar-refractivity contribution in [1.29, 1.82) is 0 Å². The summed E-state index contributed by atoms with van der Waals surface area (Å²) in [5.41, 5.74) is 5.19. The molecule has 0 spiro atoms. The van der Waals surface area contributed by atoms with Gasteiger partial charge in [-0.05, 0) is 18.9 Å². The molecule has 0 saturated heterocycles. The van der Waals surface area contributed by atoms with Gasteiger partial charge in [0, 0.05) is 6.61 Å². The van der Waals surface area contributed by atoms with Gasteiger partial charge in [-0.25, -0.2) is 0 Å². The lowest BCUT2D eigenvalue weighted by Gasteiger charge is -2.01. The fourth-order valence-electron chi connectivity index (χ4n) is 0.376. The fourth-order valence-corrected chi connectivity index (χ4v) is 0.376. The summed E-state index contributed by atoms with van der Waals surface area (Å²) in [6, 6.07) is 0. The summed E-state index contributed by atoms with van der Waals surface area (Å²) in [5.74, 6) is 0.380. The normalized spacial score (nSPS) is 13.1. The quantitative estimate of drug-likeness (QED) is 0.448. The molecule has 0 aromatic carbocycles. The monoisotopic (exact) mass is 201 g/mol. The van der Waals surface area contributed by atoms with E-state index in [0.29, 0.717) is 12.5 Å². The molecule has 0 saturated carbocycles. The summed E-state index contributed by atoms with van der Waals surface area (Å²) in [6.07, 6.45) is 0.927. The van der Waals surface area contributed by atoms with Crippen molar-refractivity contribution in [3.05, 3.63) is 0 Å². The van der Waals surface area contributed by atoms with Crippen molar-refractivity contribution in [3.8, 4) is 0 Å². The Labute approximate surface area is 72.0 Å². The first-order chi connectivity index (χ1) is 5.31. The first-order valence-electron chi connectivity index (χ1n) is 3.32. The van der Waals surface area contributed by atoms with E-state index in [1.807, 2.05) is 6.92 Å². The van der Waals surface area contributed by atoms with E-state index < -0.39 is 10.4 Å². The van der Waals surface area contributed by atoms with E-state index in [0.717, 1.165) is 6.42 Å². The van der Waals surface area contributed by atoms with E-state index in [1.165, 1.54) is 0 Å². The Hall–Kier alpha value is -0.210. The first-order valence-corrected chi connectivity index (χ1v) is 4.71. The van der Waals surface area contributed by atoms with Gasteiger partial charge in [-0.15, -0.1) is 0 Å². The summed E-state index contributed by atoms with van der Waals surface area (Å²) < 4.78 is 31.6. The Bertz CT molecular complexity index is 170. The molecule has 12 heavy (non-hydrogen) atoms. The van der Waals surface area contributed by atoms with Crippen LogP contribution in [0.2, 0.25) is 0 Å². The van der Waals surface area contributed by atoms with Crippen molar-refractivity contribution < 1.29 is 22.6 Å². The van der Waals surface area contributed by atoms with Crippen LogP contribution in [0.3, 0.4) is 0 Å². The summed E-state index contributed by atoms with van der Waals surface area (Å²) >= 11 is 0. The molecule has 0 aliphatic carbocycles. The molecule has 76 valence electrons. The lowest BCUT2D eigenvalue weighted by molar-refractivity contribution is 0.232. The predicted octanol–water partition coefficient (Wildman–Crippen LogP) is -0.689. The number of hydrogen-bond donors (Lipinski definition) is 4. The van der Waals surface area contributed by atoms with Crippen LogP contribution in [0.25, 0.3) is 0 Å². The third-order valence-corrected chi connectivity index (χ3v) is 0.971. The smallest absolute Gasteiger partial charge is 0.394 e. The van der Waals surface area contributed by atoms with Crippen molar-refractivity contribution in [2.24, 2.45) is 11.7 Å². The molecule has 0 bridgehead atoms. The van der Waals surface area contributed by atoms with Gasteiger partial charge in [0.25, 0.3) is 0 Å². The maximum absolute atomic E-state index is 8.74. The van der Waals surface area contributed by atoms with Crippen molar-refractivity contribution in [2.75, 3.05) is 13.2 Å². The number of rotatable bonds is 3. The van der Waals surface area contributed by atoms with Gasteiger partial charge < -0.3 is 10.8 Å². The van der Waals surface area contributed by atoms with Crippen LogP contribution in [-0.4, -0.2) is 35.8 Å². The lowest BCUT2D eigenvalue weighted by atomic mass is 10.1. The molecular weight excluding hydrogens is 186 g/mol. The minimum Gasteiger partial charge on any atom is -0.396 e. The average molecular weight is 201 g/mol. The molecule has 1 atom stereocenters. The summed E-state index contributed by atoms with van der Waals surface area (Å²) in [6.45, 7) is 2.92. The van der Waals surface area contributed by atoms with Gasteiger partial charge in [-0.2, -0.15) is 8.42 Å². The van der Waals surface area contributed by atoms with E-state index in [1.54, 1.807) is 0 Å². The molecule has 0 rings (SSSR count). The van der Waals surface area contributed by atoms with Crippen molar-refractivity contribution >= 4 is 10.4 Å². The zero-order valence-electron chi connectivity index (χ0n) is 6.84. The average Bonchev–Trinajstić information content (AvgIpc) is 1.85. The van der Waals surface area contributed by atoms with Gasteiger partial charge in [0.05, 0.1) is 0 Å². The molecule has 0 fully saturated rings. The van der Waals surface area contributed by atoms with Crippen LogP contribution in [-0.2, 0) is 10.4 Å². The number of aliphatic hydroxyl groups is 1. The Morgan fingerprint density at radius 1 is 1.42 bits per heavy atom. The summed E-state index contributed by atoms with van der Waals surface area (Å²) in [4.78, 5) is 0. The standard InChI is InChI=1S/C5H13NO.H2O4S/c1-5(4-7)2-3-6;1-5(2,3)4/h5,7H,2-4,6H2,1H3;(H2,1,2,3,4). The van der Waals surface area contributed by atoms with E-state index in [2.05, 4.69) is 0 Å². The number of aliphatic hydroxyl groups excluding tert-OH is 1. The van der Waals surface area contributed by atoms with Crippen molar-refractivity contribution in [2.45, 2.75) is 13.3 Å². The maximum atomic E-state index is 8.74. The van der Waals surface area contributed by atoms with Crippen LogP contribution in [0.1, 0.15) is 13.3 Å². The van der Waals surface area contributed by atoms with Crippen molar-refractivity contribution in [3.63, 3.8) is 0 Å². The van der Waals surface area contributed by atoms with Crippen LogP contribution < -0.4 is 5.73 Å². The third kappa shape index (κ3) is 33.0. The summed E-state index contributed by atoms with van der Waals surface area (Å²) in [5, 5.41) is 8.41. The van der Waals surface area contributed by atoms with Gasteiger partial charge in [-0.1, -0.05) is 6.92 Å². The highest BCUT2D eigenvalue weighted by atomic mass is 32.3. The van der Waals surface area contributed by atoms with Crippen LogP contribution in [0.5, 0.6) is 0 Å². The van der Waals surface area contributed by atoms with Crippen LogP contribution in [0.15, 0.2) is 0 Å². The highest BCUT2D eigenvalue weighted by Gasteiger charge is 1.94. The van der Waals surface area contributed by atoms with Crippen LogP contribution in [0.4, 0.5) is 0 Å². The van der Waals surface area contributed by atoms with Crippen LogP contribution in [0, 0.1) is 5.92 Å². The molecule has 5 N–H and O–H groups in total. The van der Waals surface area contributed by atoms with Gasteiger partial charge in [-0.3, -0.25) is 9.11 Å². The fraction of sp³-hybridized carbons (Fsp3) is 1.00. The molecule has 0 amide bonds. The highest BCUT2D eigenvalue weighted by molar-refractivity contribution is 7.79. The molecule has 1 unspecified atom stereocenters. The molecule has 0 aliphatic rings. The van der Waals surface area contributed by atoms with E-state index in [4.69, 9.17) is 28.4 Å². The SMILES string of the molecule is CC(CO)CCN.O=S(=O)(O)O. The third-order valence-electron chi connectivity index (χ3n) is 0.971. The lowest BCUT2D eigenvalue weighted by Crippen LogP contribution is -2.08. The zero-order valence-corrected chi connectivity index (χ0v) is 7.66. The Balaban J connectivity index is 0. The maximum Gasteiger partial charge on any atom is 0.394 e. The van der Waals surface area contributed by atoms with Crippen molar-refractivity contribution in [1.82, 2.24) is 0 Å². The molecule has 0 heterocycles. The minimum atomic E-state index is -4.67. The Kier molecular flexibility index (Phi) is 8.88. The second kappa shape index (κ2) is 7.44. The molecule has 0 aliphatic heterocycles. The minimum absolute atomic E-state index is 0.261. The molecule has 0 aromatic heterocycles. The first kappa shape index (κ1) is 14.3. The number of nitrogens with two attached hydrogens (primary N) is 1. The highest BCUT2D eigenvalue weighted by Crippen LogP contribution is 1.95. The largest absolute Gasteiger partial charge is 0.396 e. The second-order valence-corrected chi connectivity index (χ2v) is 3.21. The number of hydrogen-bond acceptors (Lipinski definition) is 4. The zero-order chi connectivity index (χ0) is 10.2.